The first kappa shape index (κ1) is 14.2. The van der Waals surface area contributed by atoms with E-state index >= 15 is 0 Å². The van der Waals surface area contributed by atoms with E-state index in [9.17, 15) is 9.90 Å². The minimum atomic E-state index is -0.985. The minimum Gasteiger partial charge on any atom is -0.481 e. The molecule has 0 bridgehead atoms. The van der Waals surface area contributed by atoms with Crippen LogP contribution in [0.1, 0.15) is 37.4 Å². The summed E-state index contributed by atoms with van der Waals surface area (Å²) in [7, 11) is 0. The predicted molar refractivity (Wildman–Crippen MR) is 68.6 cm³/mol. The number of aliphatic hydroxyl groups is 1. The van der Waals surface area contributed by atoms with Crippen molar-refractivity contribution >= 4 is 21.9 Å². The van der Waals surface area contributed by atoms with Crippen molar-refractivity contribution in [1.29, 1.82) is 0 Å². The zero-order valence-corrected chi connectivity index (χ0v) is 11.4. The van der Waals surface area contributed by atoms with Crippen molar-refractivity contribution in [2.75, 3.05) is 0 Å². The number of carbonyl (C=O) groups is 1. The van der Waals surface area contributed by atoms with Gasteiger partial charge < -0.3 is 15.9 Å². The number of aliphatic carboxylic acids is 1. The largest absolute Gasteiger partial charge is 0.481 e. The molecule has 0 heterocycles. The molecule has 0 radical (unpaired) electrons. The third-order valence-corrected chi connectivity index (χ3v) is 2.91. The first-order valence-electron chi connectivity index (χ1n) is 5.21. The normalized spacial score (nSPS) is 13.5. The van der Waals surface area contributed by atoms with Gasteiger partial charge in [0, 0.05) is 10.5 Å². The molecule has 4 N–H and O–H groups in total. The van der Waals surface area contributed by atoms with E-state index < -0.39 is 17.6 Å². The van der Waals surface area contributed by atoms with Gasteiger partial charge in [0.15, 0.2) is 0 Å². The van der Waals surface area contributed by atoms with Crippen LogP contribution in [0.25, 0.3) is 0 Å². The maximum absolute atomic E-state index is 10.6. The lowest BCUT2D eigenvalue weighted by Crippen LogP contribution is -2.19. The second-order valence-electron chi connectivity index (χ2n) is 4.54. The van der Waals surface area contributed by atoms with Gasteiger partial charge in [-0.25, -0.2) is 0 Å². The Morgan fingerprint density at radius 3 is 2.53 bits per heavy atom. The van der Waals surface area contributed by atoms with E-state index in [2.05, 4.69) is 15.9 Å². The van der Waals surface area contributed by atoms with Gasteiger partial charge in [-0.05, 0) is 37.1 Å². The van der Waals surface area contributed by atoms with Crippen molar-refractivity contribution in [3.63, 3.8) is 0 Å². The summed E-state index contributed by atoms with van der Waals surface area (Å²) in [5, 5.41) is 18.6. The average Bonchev–Trinajstić information content (AvgIpc) is 2.14. The van der Waals surface area contributed by atoms with E-state index in [0.717, 1.165) is 4.47 Å². The van der Waals surface area contributed by atoms with Crippen LogP contribution in [0.3, 0.4) is 0 Å². The Balaban J connectivity index is 3.09. The van der Waals surface area contributed by atoms with Crippen LogP contribution >= 0.6 is 15.9 Å². The Labute approximate surface area is 109 Å². The van der Waals surface area contributed by atoms with Crippen molar-refractivity contribution in [3.05, 3.63) is 33.8 Å². The molecule has 0 aliphatic heterocycles. The zero-order valence-electron chi connectivity index (χ0n) is 9.77. The van der Waals surface area contributed by atoms with E-state index in [4.69, 9.17) is 10.8 Å². The number of hydrogen-bond acceptors (Lipinski definition) is 3. The van der Waals surface area contributed by atoms with Crippen LogP contribution in [-0.2, 0) is 10.4 Å². The second kappa shape index (κ2) is 5.16. The summed E-state index contributed by atoms with van der Waals surface area (Å²) >= 11 is 3.33. The zero-order chi connectivity index (χ0) is 13.2. The van der Waals surface area contributed by atoms with E-state index in [1.54, 1.807) is 32.0 Å². The van der Waals surface area contributed by atoms with Gasteiger partial charge in [0.2, 0.25) is 0 Å². The molecule has 0 amide bonds. The van der Waals surface area contributed by atoms with Crippen LogP contribution in [0.5, 0.6) is 0 Å². The molecular formula is C12H16BrNO3. The summed E-state index contributed by atoms with van der Waals surface area (Å²) in [6.07, 6.45) is -0.137. The van der Waals surface area contributed by atoms with Gasteiger partial charge in [-0.2, -0.15) is 0 Å². The monoisotopic (exact) mass is 301 g/mol. The van der Waals surface area contributed by atoms with Crippen LogP contribution < -0.4 is 5.73 Å². The topological polar surface area (TPSA) is 83.5 Å². The maximum Gasteiger partial charge on any atom is 0.305 e. The van der Waals surface area contributed by atoms with E-state index in [1.807, 2.05) is 0 Å². The van der Waals surface area contributed by atoms with Gasteiger partial charge in [0.05, 0.1) is 12.0 Å². The van der Waals surface area contributed by atoms with Gasteiger partial charge in [-0.1, -0.05) is 22.0 Å². The Bertz CT molecular complexity index is 426. The van der Waals surface area contributed by atoms with Crippen LogP contribution in [0.4, 0.5) is 0 Å². The number of hydrogen-bond donors (Lipinski definition) is 3. The van der Waals surface area contributed by atoms with E-state index in [-0.39, 0.29) is 6.42 Å². The Morgan fingerprint density at radius 1 is 1.47 bits per heavy atom. The molecule has 4 nitrogen and oxygen atoms in total. The van der Waals surface area contributed by atoms with Crippen molar-refractivity contribution in [1.82, 2.24) is 0 Å². The molecule has 94 valence electrons. The Morgan fingerprint density at radius 2 is 2.06 bits per heavy atom. The number of nitrogens with two attached hydrogens (primary N) is 1. The lowest BCUT2D eigenvalue weighted by atomic mass is 9.94. The molecule has 0 saturated carbocycles. The van der Waals surface area contributed by atoms with Gasteiger partial charge in [-0.3, -0.25) is 4.79 Å². The highest BCUT2D eigenvalue weighted by atomic mass is 79.9. The molecule has 0 aliphatic carbocycles. The molecule has 1 aromatic rings. The fourth-order valence-electron chi connectivity index (χ4n) is 1.49. The Kier molecular flexibility index (Phi) is 4.30. The molecule has 17 heavy (non-hydrogen) atoms. The first-order chi connectivity index (χ1) is 7.70. The average molecular weight is 302 g/mol. The molecule has 0 saturated heterocycles. The third kappa shape index (κ3) is 4.11. The van der Waals surface area contributed by atoms with Crippen LogP contribution in [-0.4, -0.2) is 16.2 Å². The van der Waals surface area contributed by atoms with Crippen LogP contribution in [0, 0.1) is 0 Å². The van der Waals surface area contributed by atoms with Gasteiger partial charge in [0.1, 0.15) is 0 Å². The molecule has 0 fully saturated rings. The molecular weight excluding hydrogens is 286 g/mol. The number of carboxylic acids is 1. The fraction of sp³-hybridized carbons (Fsp3) is 0.417. The van der Waals surface area contributed by atoms with E-state index in [1.165, 1.54) is 0 Å². The molecule has 0 spiro atoms. The predicted octanol–water partition coefficient (Wildman–Crippen LogP) is 2.15. The summed E-state index contributed by atoms with van der Waals surface area (Å²) in [5.74, 6) is -0.942. The van der Waals surface area contributed by atoms with Gasteiger partial charge >= 0.3 is 5.97 Å². The molecule has 1 aromatic carbocycles. The third-order valence-electron chi connectivity index (χ3n) is 2.45. The molecule has 1 unspecified atom stereocenters. The summed E-state index contributed by atoms with van der Waals surface area (Å²) in [6, 6.07) is 4.71. The molecule has 5 heteroatoms. The van der Waals surface area contributed by atoms with Crippen molar-refractivity contribution in [2.45, 2.75) is 31.9 Å². The summed E-state index contributed by atoms with van der Waals surface area (Å²) in [4.78, 5) is 10.6. The molecule has 1 atom stereocenters. The second-order valence-corrected chi connectivity index (χ2v) is 5.45. The van der Waals surface area contributed by atoms with Crippen LogP contribution in [0.15, 0.2) is 22.7 Å². The van der Waals surface area contributed by atoms with Gasteiger partial charge in [-0.15, -0.1) is 0 Å². The van der Waals surface area contributed by atoms with Gasteiger partial charge in [0.25, 0.3) is 0 Å². The maximum atomic E-state index is 10.6. The van der Waals surface area contributed by atoms with Crippen LogP contribution in [0.2, 0.25) is 0 Å². The molecule has 0 aliphatic rings. The molecule has 0 aromatic heterocycles. The number of rotatable bonds is 4. The molecule has 1 rings (SSSR count). The lowest BCUT2D eigenvalue weighted by Gasteiger charge is -2.20. The quantitative estimate of drug-likeness (QED) is 0.796. The smallest absolute Gasteiger partial charge is 0.305 e. The summed E-state index contributed by atoms with van der Waals surface area (Å²) < 4.78 is 0.771. The van der Waals surface area contributed by atoms with Crippen molar-refractivity contribution in [2.24, 2.45) is 5.73 Å². The first-order valence-corrected chi connectivity index (χ1v) is 6.00. The SMILES string of the molecule is CC(C)(O)c1cc(Br)cc(C(N)CC(=O)O)c1. The fourth-order valence-corrected chi connectivity index (χ4v) is 2.00. The van der Waals surface area contributed by atoms with Crippen molar-refractivity contribution < 1.29 is 15.0 Å². The summed E-state index contributed by atoms with van der Waals surface area (Å²) in [6.45, 7) is 3.34. The number of carboxylic acid groups (broad SMARTS) is 1. The number of halogens is 1. The lowest BCUT2D eigenvalue weighted by molar-refractivity contribution is -0.137. The highest BCUT2D eigenvalue weighted by Gasteiger charge is 2.19. The minimum absolute atomic E-state index is 0.137. The highest BCUT2D eigenvalue weighted by molar-refractivity contribution is 9.10. The standard InChI is InChI=1S/C12H16BrNO3/c1-12(2,17)8-3-7(4-9(13)5-8)10(14)6-11(15)16/h3-5,10,17H,6,14H2,1-2H3,(H,15,16). The van der Waals surface area contributed by atoms with E-state index in [0.29, 0.717) is 11.1 Å². The Hall–Kier alpha value is -0.910. The van der Waals surface area contributed by atoms with Crippen molar-refractivity contribution in [3.8, 4) is 0 Å². The summed E-state index contributed by atoms with van der Waals surface area (Å²) in [5.41, 5.74) is 6.20. The number of benzene rings is 1. The highest BCUT2D eigenvalue weighted by Crippen LogP contribution is 2.27.